The third-order valence-electron chi connectivity index (χ3n) is 7.62. The minimum atomic E-state index is 0.834. The van der Waals surface area contributed by atoms with Crippen molar-refractivity contribution in [3.8, 4) is 28.3 Å². The van der Waals surface area contributed by atoms with E-state index in [0.29, 0.717) is 0 Å². The number of fused-ring (bicyclic) bond motifs is 3. The molecule has 0 amide bonds. The third kappa shape index (κ3) is 4.61. The van der Waals surface area contributed by atoms with Gasteiger partial charge in [-0.25, -0.2) is 0 Å². The van der Waals surface area contributed by atoms with Gasteiger partial charge in [0.15, 0.2) is 0 Å². The number of aryl methyl sites for hydroxylation is 7. The summed E-state index contributed by atoms with van der Waals surface area (Å²) in [7, 11) is 0. The highest BCUT2D eigenvalue weighted by molar-refractivity contribution is 6.09. The second kappa shape index (κ2) is 9.47. The van der Waals surface area contributed by atoms with E-state index in [9.17, 15) is 0 Å². The fourth-order valence-corrected chi connectivity index (χ4v) is 6.21. The van der Waals surface area contributed by atoms with Crippen molar-refractivity contribution in [2.75, 3.05) is 0 Å². The minimum Gasteiger partial charge on any atom is -0.457 e. The largest absolute Gasteiger partial charge is 0.457 e. The molecule has 0 aliphatic carbocycles. The van der Waals surface area contributed by atoms with Gasteiger partial charge < -0.3 is 9.30 Å². The fraction of sp³-hybridized carbons (Fsp3) is 0.189. The third-order valence-corrected chi connectivity index (χ3v) is 7.62. The molecule has 0 aliphatic rings. The molecule has 0 saturated carbocycles. The minimum absolute atomic E-state index is 0.834. The Balaban J connectivity index is 1.65. The molecule has 0 saturated heterocycles. The molecule has 2 heteroatoms. The summed E-state index contributed by atoms with van der Waals surface area (Å²) in [6.45, 7) is 15.1. The molecule has 6 aromatic rings. The lowest BCUT2D eigenvalue weighted by molar-refractivity contribution is 0.482. The summed E-state index contributed by atoms with van der Waals surface area (Å²) in [4.78, 5) is 0. The van der Waals surface area contributed by atoms with Gasteiger partial charge in [-0.05, 0) is 130 Å². The maximum absolute atomic E-state index is 6.59. The van der Waals surface area contributed by atoms with Gasteiger partial charge in [-0.3, -0.25) is 0 Å². The summed E-state index contributed by atoms with van der Waals surface area (Å²) >= 11 is 0. The molecule has 6 rings (SSSR count). The zero-order valence-corrected chi connectivity index (χ0v) is 23.9. The quantitative estimate of drug-likeness (QED) is 0.230. The molecule has 0 fully saturated rings. The van der Waals surface area contributed by atoms with E-state index < -0.39 is 0 Å². The molecule has 0 atom stereocenters. The summed E-state index contributed by atoms with van der Waals surface area (Å²) in [6.07, 6.45) is 0. The predicted molar refractivity (Wildman–Crippen MR) is 166 cm³/mol. The maximum atomic E-state index is 6.59. The summed E-state index contributed by atoms with van der Waals surface area (Å²) in [5.74, 6) is 1.70. The van der Waals surface area contributed by atoms with Crippen molar-refractivity contribution in [2.45, 2.75) is 48.5 Å². The summed E-state index contributed by atoms with van der Waals surface area (Å²) in [5, 5.41) is 2.55. The lowest BCUT2D eigenvalue weighted by Crippen LogP contribution is -1.98. The van der Waals surface area contributed by atoms with Crippen LogP contribution >= 0.6 is 0 Å². The van der Waals surface area contributed by atoms with Gasteiger partial charge in [0.05, 0.1) is 16.7 Å². The van der Waals surface area contributed by atoms with Crippen molar-refractivity contribution < 1.29 is 4.74 Å². The van der Waals surface area contributed by atoms with E-state index in [1.54, 1.807) is 0 Å². The number of nitrogens with zero attached hydrogens (tertiary/aromatic N) is 1. The van der Waals surface area contributed by atoms with E-state index in [1.807, 2.05) is 0 Å². The molecular weight excluding hydrogens is 474 g/mol. The second-order valence-electron chi connectivity index (χ2n) is 11.3. The van der Waals surface area contributed by atoms with E-state index >= 15 is 0 Å². The average Bonchev–Trinajstić information content (AvgIpc) is 3.15. The van der Waals surface area contributed by atoms with Gasteiger partial charge in [0, 0.05) is 16.8 Å². The van der Waals surface area contributed by atoms with Gasteiger partial charge in [-0.1, -0.05) is 47.0 Å². The highest BCUT2D eigenvalue weighted by atomic mass is 16.5. The van der Waals surface area contributed by atoms with Gasteiger partial charge >= 0.3 is 0 Å². The molecule has 1 aromatic heterocycles. The van der Waals surface area contributed by atoms with Crippen LogP contribution in [0.25, 0.3) is 38.6 Å². The normalized spacial score (nSPS) is 11.5. The Kier molecular flexibility index (Phi) is 6.07. The Morgan fingerprint density at radius 2 is 0.974 bits per heavy atom. The maximum Gasteiger partial charge on any atom is 0.130 e. The lowest BCUT2D eigenvalue weighted by Gasteiger charge is -2.17. The van der Waals surface area contributed by atoms with Gasteiger partial charge in [-0.15, -0.1) is 0 Å². The van der Waals surface area contributed by atoms with Crippen LogP contribution in [0.1, 0.15) is 38.9 Å². The van der Waals surface area contributed by atoms with Crippen LogP contribution < -0.4 is 4.74 Å². The molecule has 2 nitrogen and oxygen atoms in total. The van der Waals surface area contributed by atoms with Crippen LogP contribution in [0, 0.1) is 48.5 Å². The van der Waals surface area contributed by atoms with Crippen molar-refractivity contribution in [1.29, 1.82) is 0 Å². The average molecular weight is 510 g/mol. The molecule has 194 valence electrons. The first kappa shape index (κ1) is 25.0. The van der Waals surface area contributed by atoms with Gasteiger partial charge in [-0.2, -0.15) is 0 Å². The molecule has 1 heterocycles. The van der Waals surface area contributed by atoms with Crippen LogP contribution in [0.2, 0.25) is 0 Å². The SMILES string of the molecule is Cc1cc(C)cc(Oc2cc(-c3c(C)cc(C)cc3C)cc(-n3c4ccc(C)cc4c4cc(C)ccc43)c2)c1. The highest BCUT2D eigenvalue weighted by Crippen LogP contribution is 2.39. The predicted octanol–water partition coefficient (Wildman–Crippen LogP) is 10.4. The first-order valence-corrected chi connectivity index (χ1v) is 13.7. The molecule has 5 aromatic carbocycles. The summed E-state index contributed by atoms with van der Waals surface area (Å²) in [6, 6.07) is 31.1. The Bertz CT molecular complexity index is 1800. The number of ether oxygens (including phenoxy) is 1. The molecule has 0 radical (unpaired) electrons. The van der Waals surface area contributed by atoms with Crippen molar-refractivity contribution in [3.05, 3.63) is 124 Å². The van der Waals surface area contributed by atoms with Gasteiger partial charge in [0.25, 0.3) is 0 Å². The van der Waals surface area contributed by atoms with E-state index in [2.05, 4.69) is 138 Å². The Hall–Kier alpha value is -4.30. The molecule has 0 N–H and O–H groups in total. The van der Waals surface area contributed by atoms with E-state index in [1.165, 1.54) is 66.3 Å². The van der Waals surface area contributed by atoms with Crippen LogP contribution in [0.3, 0.4) is 0 Å². The number of benzene rings is 5. The number of rotatable bonds is 4. The van der Waals surface area contributed by atoms with Crippen molar-refractivity contribution in [1.82, 2.24) is 4.57 Å². The lowest BCUT2D eigenvalue weighted by atomic mass is 9.93. The fourth-order valence-electron chi connectivity index (χ4n) is 6.21. The van der Waals surface area contributed by atoms with Crippen LogP contribution in [-0.4, -0.2) is 4.57 Å². The molecule has 0 unspecified atom stereocenters. The van der Waals surface area contributed by atoms with Crippen LogP contribution in [0.15, 0.2) is 84.9 Å². The Morgan fingerprint density at radius 3 is 1.54 bits per heavy atom. The van der Waals surface area contributed by atoms with E-state index in [-0.39, 0.29) is 0 Å². The zero-order chi connectivity index (χ0) is 27.4. The summed E-state index contributed by atoms with van der Waals surface area (Å²) < 4.78 is 8.98. The van der Waals surface area contributed by atoms with E-state index in [4.69, 9.17) is 4.74 Å². The Labute approximate surface area is 231 Å². The van der Waals surface area contributed by atoms with Gasteiger partial charge in [0.1, 0.15) is 11.5 Å². The second-order valence-corrected chi connectivity index (χ2v) is 11.3. The highest BCUT2D eigenvalue weighted by Gasteiger charge is 2.17. The zero-order valence-electron chi connectivity index (χ0n) is 23.9. The smallest absolute Gasteiger partial charge is 0.130 e. The van der Waals surface area contributed by atoms with Crippen LogP contribution in [0.4, 0.5) is 0 Å². The standard InChI is InChI=1S/C37H35NO/c1-22-8-10-35-33(17-22)34-18-23(2)9-11-36(34)38(35)30-19-29(37-27(6)13-26(5)14-28(37)7)20-32(21-30)39-31-15-24(3)12-25(4)16-31/h8-21H,1-7H3. The van der Waals surface area contributed by atoms with E-state index in [0.717, 1.165) is 22.7 Å². The first-order valence-electron chi connectivity index (χ1n) is 13.7. The van der Waals surface area contributed by atoms with Crippen LogP contribution in [-0.2, 0) is 0 Å². The van der Waals surface area contributed by atoms with Crippen molar-refractivity contribution >= 4 is 21.8 Å². The molecule has 39 heavy (non-hydrogen) atoms. The monoisotopic (exact) mass is 509 g/mol. The van der Waals surface area contributed by atoms with Crippen molar-refractivity contribution in [3.63, 3.8) is 0 Å². The molecule has 0 spiro atoms. The Morgan fingerprint density at radius 1 is 0.462 bits per heavy atom. The van der Waals surface area contributed by atoms with Crippen molar-refractivity contribution in [2.24, 2.45) is 0 Å². The summed E-state index contributed by atoms with van der Waals surface area (Å²) in [5.41, 5.74) is 14.7. The number of aromatic nitrogens is 1. The van der Waals surface area contributed by atoms with Gasteiger partial charge in [0.2, 0.25) is 0 Å². The number of hydrogen-bond donors (Lipinski definition) is 0. The first-order chi connectivity index (χ1) is 18.7. The van der Waals surface area contributed by atoms with Crippen LogP contribution in [0.5, 0.6) is 11.5 Å². The molecule has 0 aliphatic heterocycles. The molecule has 0 bridgehead atoms. The molecular formula is C37H35NO. The number of hydrogen-bond acceptors (Lipinski definition) is 1. The topological polar surface area (TPSA) is 14.2 Å².